The van der Waals surface area contributed by atoms with Crippen LogP contribution in [0.5, 0.6) is 0 Å². The topological polar surface area (TPSA) is 115 Å². The molecule has 1 aromatic heterocycles. The van der Waals surface area contributed by atoms with E-state index in [-0.39, 0.29) is 17.3 Å². The van der Waals surface area contributed by atoms with E-state index in [1.165, 1.54) is 29.5 Å². The van der Waals surface area contributed by atoms with Gasteiger partial charge >= 0.3 is 0 Å². The van der Waals surface area contributed by atoms with Crippen molar-refractivity contribution < 1.29 is 9.72 Å². The molecular weight excluding hydrogens is 416 g/mol. The van der Waals surface area contributed by atoms with Gasteiger partial charge in [0.1, 0.15) is 0 Å². The molecule has 1 amide bonds. The number of carbonyl (C=O) groups excluding carboxylic acids is 1. The van der Waals surface area contributed by atoms with Gasteiger partial charge in [0.2, 0.25) is 5.91 Å². The Hall–Kier alpha value is -3.40. The molecule has 162 valence electrons. The third kappa shape index (κ3) is 5.82. The summed E-state index contributed by atoms with van der Waals surface area (Å²) < 4.78 is 1.97. The first-order valence-corrected chi connectivity index (χ1v) is 10.8. The number of nitrogens with one attached hydrogen (secondary N) is 2. The van der Waals surface area contributed by atoms with Crippen LogP contribution in [0, 0.1) is 24.0 Å². The van der Waals surface area contributed by atoms with E-state index < -0.39 is 4.92 Å². The van der Waals surface area contributed by atoms with Crippen molar-refractivity contribution in [2.24, 2.45) is 0 Å². The summed E-state index contributed by atoms with van der Waals surface area (Å²) in [6.45, 7) is 6.97. The third-order valence-electron chi connectivity index (χ3n) is 4.64. The average Bonchev–Trinajstić information content (AvgIpc) is 3.15. The van der Waals surface area contributed by atoms with Gasteiger partial charge in [-0.25, -0.2) is 0 Å². The van der Waals surface area contributed by atoms with Crippen molar-refractivity contribution in [3.8, 4) is 0 Å². The zero-order valence-corrected chi connectivity index (χ0v) is 18.4. The molecule has 10 heteroatoms. The molecule has 2 N–H and O–H groups in total. The second-order valence-corrected chi connectivity index (χ2v) is 7.90. The lowest BCUT2D eigenvalue weighted by Crippen LogP contribution is -2.15. The van der Waals surface area contributed by atoms with Gasteiger partial charge in [-0.05, 0) is 44.5 Å². The smallest absolute Gasteiger partial charge is 0.269 e. The van der Waals surface area contributed by atoms with Gasteiger partial charge in [-0.2, -0.15) is 0 Å². The molecule has 0 aliphatic heterocycles. The van der Waals surface area contributed by atoms with Crippen LogP contribution < -0.4 is 10.6 Å². The number of carbonyl (C=O) groups is 1. The Labute approximate surface area is 184 Å². The van der Waals surface area contributed by atoms with Crippen molar-refractivity contribution >= 4 is 34.7 Å². The fourth-order valence-corrected chi connectivity index (χ4v) is 3.77. The summed E-state index contributed by atoms with van der Waals surface area (Å²) in [5.41, 5.74) is 3.38. The van der Waals surface area contributed by atoms with Crippen LogP contribution in [-0.4, -0.2) is 31.3 Å². The molecule has 31 heavy (non-hydrogen) atoms. The third-order valence-corrected chi connectivity index (χ3v) is 5.61. The van der Waals surface area contributed by atoms with E-state index in [0.717, 1.165) is 11.5 Å². The number of thioether (sulfide) groups is 1. The number of nitro benzene ring substituents is 1. The Morgan fingerprint density at radius 1 is 1.16 bits per heavy atom. The summed E-state index contributed by atoms with van der Waals surface area (Å²) in [5.74, 6) is 0.726. The molecule has 0 aliphatic carbocycles. The number of nitrogens with zero attached hydrogens (tertiary/aromatic N) is 4. The lowest BCUT2D eigenvalue weighted by Gasteiger charge is -2.10. The largest absolute Gasteiger partial charge is 0.378 e. The van der Waals surface area contributed by atoms with E-state index in [4.69, 9.17) is 0 Å². The van der Waals surface area contributed by atoms with Crippen LogP contribution in [0.15, 0.2) is 47.6 Å². The first-order chi connectivity index (χ1) is 14.9. The predicted octanol–water partition coefficient (Wildman–Crippen LogP) is 4.17. The maximum Gasteiger partial charge on any atom is 0.269 e. The SMILES string of the molecule is CCn1c(CNc2ccc(C)cc2)nnc1SCC(=O)Nc1ccc([N+](=O)[O-])cc1C. The van der Waals surface area contributed by atoms with Crippen LogP contribution >= 0.6 is 11.8 Å². The van der Waals surface area contributed by atoms with E-state index in [1.807, 2.05) is 42.7 Å². The van der Waals surface area contributed by atoms with Crippen LogP contribution in [0.1, 0.15) is 23.9 Å². The van der Waals surface area contributed by atoms with Gasteiger partial charge in [0, 0.05) is 30.1 Å². The lowest BCUT2D eigenvalue weighted by molar-refractivity contribution is -0.384. The molecule has 9 nitrogen and oxygen atoms in total. The summed E-state index contributed by atoms with van der Waals surface area (Å²) in [7, 11) is 0. The number of benzene rings is 2. The Bertz CT molecular complexity index is 1080. The molecule has 0 radical (unpaired) electrons. The highest BCUT2D eigenvalue weighted by Gasteiger charge is 2.14. The quantitative estimate of drug-likeness (QED) is 0.291. The summed E-state index contributed by atoms with van der Waals surface area (Å²) in [6.07, 6.45) is 0. The van der Waals surface area contributed by atoms with Crippen LogP contribution in [-0.2, 0) is 17.9 Å². The number of amides is 1. The number of aryl methyl sites for hydroxylation is 2. The number of rotatable bonds is 9. The van der Waals surface area contributed by atoms with Gasteiger partial charge in [-0.3, -0.25) is 14.9 Å². The number of anilines is 2. The average molecular weight is 441 g/mol. The van der Waals surface area contributed by atoms with Crippen molar-refractivity contribution in [3.05, 3.63) is 69.5 Å². The second-order valence-electron chi connectivity index (χ2n) is 6.96. The standard InChI is InChI=1S/C21H24N6O3S/c1-4-26-19(12-22-16-7-5-14(2)6-8-16)24-25-21(26)31-13-20(28)23-18-10-9-17(27(29)30)11-15(18)3/h5-11,22H,4,12-13H2,1-3H3,(H,23,28). The molecule has 3 aromatic rings. The molecule has 0 aliphatic rings. The lowest BCUT2D eigenvalue weighted by atomic mass is 10.2. The maximum atomic E-state index is 12.4. The summed E-state index contributed by atoms with van der Waals surface area (Å²) >= 11 is 1.30. The van der Waals surface area contributed by atoms with Gasteiger partial charge in [0.25, 0.3) is 5.69 Å². The van der Waals surface area contributed by atoms with E-state index in [1.54, 1.807) is 13.0 Å². The molecular formula is C21H24N6O3S. The van der Waals surface area contributed by atoms with Crippen molar-refractivity contribution in [2.45, 2.75) is 39.0 Å². The molecule has 0 spiro atoms. The van der Waals surface area contributed by atoms with Crippen molar-refractivity contribution in [3.63, 3.8) is 0 Å². The van der Waals surface area contributed by atoms with Gasteiger partial charge in [-0.1, -0.05) is 29.5 Å². The van der Waals surface area contributed by atoms with E-state index in [0.29, 0.717) is 29.5 Å². The van der Waals surface area contributed by atoms with Crippen molar-refractivity contribution in [1.82, 2.24) is 14.8 Å². The van der Waals surface area contributed by atoms with Crippen molar-refractivity contribution in [2.75, 3.05) is 16.4 Å². The monoisotopic (exact) mass is 440 g/mol. The predicted molar refractivity (Wildman–Crippen MR) is 121 cm³/mol. The second kappa shape index (κ2) is 10.1. The Kier molecular flexibility index (Phi) is 7.24. The molecule has 0 unspecified atom stereocenters. The summed E-state index contributed by atoms with van der Waals surface area (Å²) in [4.78, 5) is 22.7. The van der Waals surface area contributed by atoms with Crippen LogP contribution in [0.3, 0.4) is 0 Å². The molecule has 0 bridgehead atoms. The van der Waals surface area contributed by atoms with Crippen LogP contribution in [0.4, 0.5) is 17.1 Å². The van der Waals surface area contributed by atoms with Gasteiger partial charge in [0.15, 0.2) is 11.0 Å². The van der Waals surface area contributed by atoms with Gasteiger partial charge < -0.3 is 15.2 Å². The first-order valence-electron chi connectivity index (χ1n) is 9.77. The Morgan fingerprint density at radius 3 is 2.55 bits per heavy atom. The fourth-order valence-electron chi connectivity index (χ4n) is 2.94. The number of hydrogen-bond acceptors (Lipinski definition) is 7. The molecule has 0 atom stereocenters. The van der Waals surface area contributed by atoms with Crippen molar-refractivity contribution in [1.29, 1.82) is 0 Å². The minimum atomic E-state index is -0.461. The Morgan fingerprint density at radius 2 is 1.90 bits per heavy atom. The minimum absolute atomic E-state index is 0.00676. The highest BCUT2D eigenvalue weighted by Crippen LogP contribution is 2.22. The zero-order chi connectivity index (χ0) is 22.4. The fraction of sp³-hybridized carbons (Fsp3) is 0.286. The molecule has 0 saturated heterocycles. The van der Waals surface area contributed by atoms with Crippen LogP contribution in [0.25, 0.3) is 0 Å². The molecule has 2 aromatic carbocycles. The normalized spacial score (nSPS) is 10.7. The highest BCUT2D eigenvalue weighted by molar-refractivity contribution is 7.99. The van der Waals surface area contributed by atoms with Crippen LogP contribution in [0.2, 0.25) is 0 Å². The minimum Gasteiger partial charge on any atom is -0.378 e. The zero-order valence-electron chi connectivity index (χ0n) is 17.6. The number of nitro groups is 1. The van der Waals surface area contributed by atoms with E-state index in [9.17, 15) is 14.9 Å². The highest BCUT2D eigenvalue weighted by atomic mass is 32.2. The van der Waals surface area contributed by atoms with E-state index >= 15 is 0 Å². The summed E-state index contributed by atoms with van der Waals surface area (Å²) in [5, 5.41) is 26.1. The molecule has 0 saturated carbocycles. The number of non-ortho nitro benzene ring substituents is 1. The molecule has 3 rings (SSSR count). The van der Waals surface area contributed by atoms with Gasteiger partial charge in [-0.15, -0.1) is 10.2 Å². The molecule has 1 heterocycles. The summed E-state index contributed by atoms with van der Waals surface area (Å²) in [6, 6.07) is 12.5. The Balaban J connectivity index is 1.58. The maximum absolute atomic E-state index is 12.4. The first kappa shape index (κ1) is 22.3. The molecule has 0 fully saturated rings. The number of hydrogen-bond donors (Lipinski definition) is 2. The van der Waals surface area contributed by atoms with Gasteiger partial charge in [0.05, 0.1) is 17.2 Å². The van der Waals surface area contributed by atoms with E-state index in [2.05, 4.69) is 20.8 Å². The number of aromatic nitrogens is 3.